The van der Waals surface area contributed by atoms with Crippen LogP contribution in [0, 0.1) is 17.0 Å². The van der Waals surface area contributed by atoms with E-state index >= 15 is 0 Å². The summed E-state index contributed by atoms with van der Waals surface area (Å²) >= 11 is 6.14. The van der Waals surface area contributed by atoms with Gasteiger partial charge in [0.05, 0.1) is 21.2 Å². The molecule has 8 nitrogen and oxygen atoms in total. The standard InChI is InChI=1S/C22H20ClN5O3/c1-15-24-20(16-5-3-2-4-6-16)14-21(25-15)26-9-11-27(12-10-26)22(29)18-13-17(28(30)31)7-8-19(18)23/h2-8,13-14H,9-12H2,1H3. The first-order valence-electron chi connectivity index (χ1n) is 9.81. The van der Waals surface area contributed by atoms with E-state index in [0.29, 0.717) is 32.0 Å². The average Bonchev–Trinajstić information content (AvgIpc) is 2.79. The van der Waals surface area contributed by atoms with Crippen molar-refractivity contribution in [3.8, 4) is 11.3 Å². The maximum Gasteiger partial charge on any atom is 0.270 e. The quantitative estimate of drug-likeness (QED) is 0.453. The number of aryl methyl sites for hydroxylation is 1. The Bertz CT molecular complexity index is 1130. The molecule has 3 aromatic rings. The zero-order valence-electron chi connectivity index (χ0n) is 16.9. The molecular weight excluding hydrogens is 418 g/mol. The summed E-state index contributed by atoms with van der Waals surface area (Å²) in [5, 5.41) is 11.2. The van der Waals surface area contributed by atoms with Crippen LogP contribution in [0.3, 0.4) is 0 Å². The van der Waals surface area contributed by atoms with E-state index < -0.39 is 4.92 Å². The molecule has 1 saturated heterocycles. The molecule has 1 amide bonds. The number of anilines is 1. The molecule has 2 heterocycles. The molecule has 0 saturated carbocycles. The van der Waals surface area contributed by atoms with Crippen LogP contribution in [0.1, 0.15) is 16.2 Å². The van der Waals surface area contributed by atoms with E-state index in [0.717, 1.165) is 17.1 Å². The van der Waals surface area contributed by atoms with E-state index in [1.165, 1.54) is 18.2 Å². The molecule has 0 bridgehead atoms. The maximum absolute atomic E-state index is 12.9. The highest BCUT2D eigenvalue weighted by molar-refractivity contribution is 6.33. The van der Waals surface area contributed by atoms with Crippen LogP contribution in [0.2, 0.25) is 5.02 Å². The van der Waals surface area contributed by atoms with E-state index in [9.17, 15) is 14.9 Å². The molecule has 4 rings (SSSR count). The molecule has 1 aliphatic rings. The number of carbonyl (C=O) groups excluding carboxylic acids is 1. The summed E-state index contributed by atoms with van der Waals surface area (Å²) in [6.07, 6.45) is 0. The van der Waals surface area contributed by atoms with Crippen LogP contribution in [-0.4, -0.2) is 51.9 Å². The normalized spacial score (nSPS) is 13.9. The molecule has 0 unspecified atom stereocenters. The van der Waals surface area contributed by atoms with Crippen molar-refractivity contribution in [1.82, 2.24) is 14.9 Å². The van der Waals surface area contributed by atoms with Gasteiger partial charge in [-0.1, -0.05) is 41.9 Å². The second-order valence-electron chi connectivity index (χ2n) is 7.23. The molecule has 1 aromatic heterocycles. The summed E-state index contributed by atoms with van der Waals surface area (Å²) in [6.45, 7) is 3.95. The number of piperazine rings is 1. The summed E-state index contributed by atoms with van der Waals surface area (Å²) in [4.78, 5) is 36.3. The fourth-order valence-corrected chi connectivity index (χ4v) is 3.77. The highest BCUT2D eigenvalue weighted by atomic mass is 35.5. The lowest BCUT2D eigenvalue weighted by Gasteiger charge is -2.35. The fourth-order valence-electron chi connectivity index (χ4n) is 3.57. The summed E-state index contributed by atoms with van der Waals surface area (Å²) < 4.78 is 0. The highest BCUT2D eigenvalue weighted by Gasteiger charge is 2.26. The fraction of sp³-hybridized carbons (Fsp3) is 0.227. The van der Waals surface area contributed by atoms with Gasteiger partial charge in [-0.25, -0.2) is 9.97 Å². The predicted molar refractivity (Wildman–Crippen MR) is 118 cm³/mol. The van der Waals surface area contributed by atoms with Crippen LogP contribution in [-0.2, 0) is 0 Å². The SMILES string of the molecule is Cc1nc(-c2ccccc2)cc(N2CCN(C(=O)c3cc([N+](=O)[O-])ccc3Cl)CC2)n1. The Morgan fingerprint density at radius 2 is 1.74 bits per heavy atom. The molecule has 0 N–H and O–H groups in total. The Labute approximate surface area is 184 Å². The number of nitro groups is 1. The van der Waals surface area contributed by atoms with Gasteiger partial charge in [0.1, 0.15) is 11.6 Å². The molecular formula is C22H20ClN5O3. The van der Waals surface area contributed by atoms with Crippen molar-refractivity contribution in [3.63, 3.8) is 0 Å². The monoisotopic (exact) mass is 437 g/mol. The minimum Gasteiger partial charge on any atom is -0.353 e. The number of halogens is 1. The molecule has 9 heteroatoms. The zero-order chi connectivity index (χ0) is 22.0. The smallest absolute Gasteiger partial charge is 0.270 e. The number of nitrogens with zero attached hydrogens (tertiary/aromatic N) is 5. The van der Waals surface area contributed by atoms with Crippen molar-refractivity contribution in [3.05, 3.63) is 81.1 Å². The van der Waals surface area contributed by atoms with Gasteiger partial charge in [-0.3, -0.25) is 14.9 Å². The van der Waals surface area contributed by atoms with Crippen LogP contribution in [0.5, 0.6) is 0 Å². The van der Waals surface area contributed by atoms with Crippen LogP contribution in [0.4, 0.5) is 11.5 Å². The Hall–Kier alpha value is -3.52. The third kappa shape index (κ3) is 4.49. The highest BCUT2D eigenvalue weighted by Crippen LogP contribution is 2.26. The van der Waals surface area contributed by atoms with Gasteiger partial charge >= 0.3 is 0 Å². The van der Waals surface area contributed by atoms with Crippen molar-refractivity contribution < 1.29 is 9.72 Å². The summed E-state index contributed by atoms with van der Waals surface area (Å²) in [7, 11) is 0. The van der Waals surface area contributed by atoms with Crippen LogP contribution < -0.4 is 4.90 Å². The third-order valence-corrected chi connectivity index (χ3v) is 5.51. The third-order valence-electron chi connectivity index (χ3n) is 5.18. The van der Waals surface area contributed by atoms with E-state index in [-0.39, 0.29) is 22.2 Å². The second kappa shape index (κ2) is 8.69. The van der Waals surface area contributed by atoms with Crippen LogP contribution in [0.25, 0.3) is 11.3 Å². The summed E-state index contributed by atoms with van der Waals surface area (Å²) in [5.74, 6) is 1.18. The van der Waals surface area contributed by atoms with Gasteiger partial charge in [0.15, 0.2) is 0 Å². The maximum atomic E-state index is 12.9. The average molecular weight is 438 g/mol. The van der Waals surface area contributed by atoms with Crippen molar-refractivity contribution in [1.29, 1.82) is 0 Å². The molecule has 31 heavy (non-hydrogen) atoms. The van der Waals surface area contributed by atoms with E-state index in [1.807, 2.05) is 43.3 Å². The number of aromatic nitrogens is 2. The van der Waals surface area contributed by atoms with Gasteiger partial charge in [0.2, 0.25) is 0 Å². The first-order valence-corrected chi connectivity index (χ1v) is 10.2. The molecule has 158 valence electrons. The van der Waals surface area contributed by atoms with E-state index in [4.69, 9.17) is 11.6 Å². The number of carbonyl (C=O) groups is 1. The van der Waals surface area contributed by atoms with Gasteiger partial charge in [-0.2, -0.15) is 0 Å². The zero-order valence-corrected chi connectivity index (χ0v) is 17.6. The minimum atomic E-state index is -0.535. The van der Waals surface area contributed by atoms with E-state index in [1.54, 1.807) is 4.90 Å². The van der Waals surface area contributed by atoms with Gasteiger partial charge in [-0.05, 0) is 13.0 Å². The van der Waals surface area contributed by atoms with Crippen LogP contribution in [0.15, 0.2) is 54.6 Å². The topological polar surface area (TPSA) is 92.5 Å². The molecule has 0 spiro atoms. The number of nitro benzene ring substituents is 1. The first-order chi connectivity index (χ1) is 14.9. The van der Waals surface area contributed by atoms with Gasteiger partial charge in [0, 0.05) is 49.9 Å². The first kappa shape index (κ1) is 20.7. The number of hydrogen-bond donors (Lipinski definition) is 0. The van der Waals surface area contributed by atoms with Crippen molar-refractivity contribution in [2.75, 3.05) is 31.1 Å². The lowest BCUT2D eigenvalue weighted by atomic mass is 10.1. The minimum absolute atomic E-state index is 0.147. The van der Waals surface area contributed by atoms with Crippen molar-refractivity contribution in [2.24, 2.45) is 0 Å². The van der Waals surface area contributed by atoms with Crippen molar-refractivity contribution >= 4 is 29.0 Å². The Balaban J connectivity index is 1.49. The second-order valence-corrected chi connectivity index (χ2v) is 7.63. The molecule has 0 aliphatic carbocycles. The largest absolute Gasteiger partial charge is 0.353 e. The number of hydrogen-bond acceptors (Lipinski definition) is 6. The van der Waals surface area contributed by atoms with E-state index in [2.05, 4.69) is 14.9 Å². The molecule has 2 aromatic carbocycles. The molecule has 1 fully saturated rings. The number of amides is 1. The number of benzene rings is 2. The number of rotatable bonds is 4. The van der Waals surface area contributed by atoms with Crippen LogP contribution >= 0.6 is 11.6 Å². The Morgan fingerprint density at radius 1 is 1.03 bits per heavy atom. The van der Waals surface area contributed by atoms with Gasteiger partial charge in [-0.15, -0.1) is 0 Å². The number of non-ortho nitro benzene ring substituents is 1. The lowest BCUT2D eigenvalue weighted by molar-refractivity contribution is -0.384. The van der Waals surface area contributed by atoms with Crippen molar-refractivity contribution in [2.45, 2.75) is 6.92 Å². The predicted octanol–water partition coefficient (Wildman–Crippen LogP) is 3.98. The molecule has 0 radical (unpaired) electrons. The lowest BCUT2D eigenvalue weighted by Crippen LogP contribution is -2.49. The van der Waals surface area contributed by atoms with Gasteiger partial charge in [0.25, 0.3) is 11.6 Å². The Morgan fingerprint density at radius 3 is 2.42 bits per heavy atom. The Kier molecular flexibility index (Phi) is 5.81. The summed E-state index contributed by atoms with van der Waals surface area (Å²) in [5.41, 5.74) is 1.86. The summed E-state index contributed by atoms with van der Waals surface area (Å²) in [6, 6.07) is 15.8. The van der Waals surface area contributed by atoms with Gasteiger partial charge < -0.3 is 9.80 Å². The molecule has 1 aliphatic heterocycles. The molecule has 0 atom stereocenters.